The van der Waals surface area contributed by atoms with E-state index in [2.05, 4.69) is 6.07 Å². The summed E-state index contributed by atoms with van der Waals surface area (Å²) in [5, 5.41) is 8.68. The number of hydrogen-bond acceptors (Lipinski definition) is 5. The molecule has 0 saturated carbocycles. The maximum absolute atomic E-state index is 13.8. The van der Waals surface area contributed by atoms with Crippen LogP contribution in [-0.4, -0.2) is 21.3 Å². The second kappa shape index (κ2) is 5.75. The van der Waals surface area contributed by atoms with Gasteiger partial charge in [0.05, 0.1) is 22.2 Å². The van der Waals surface area contributed by atoms with Gasteiger partial charge in [0.1, 0.15) is 5.65 Å². The molecule has 6 heteroatoms. The van der Waals surface area contributed by atoms with Gasteiger partial charge in [-0.3, -0.25) is 9.20 Å². The lowest BCUT2D eigenvalue weighted by molar-refractivity contribution is 0.0391. The number of imidazole rings is 1. The molecule has 0 fully saturated rings. The summed E-state index contributed by atoms with van der Waals surface area (Å²) >= 11 is 0. The molecule has 166 valence electrons. The number of fused-ring (bicyclic) bond motifs is 6. The highest BCUT2D eigenvalue weighted by Crippen LogP contribution is 2.45. The van der Waals surface area contributed by atoms with Gasteiger partial charge in [0.25, 0.3) is 5.56 Å². The predicted molar refractivity (Wildman–Crippen MR) is 139 cm³/mol. The zero-order valence-corrected chi connectivity index (χ0v) is 18.5. The first-order chi connectivity index (χ1) is 17.6. The molecular weight excluding hydrogens is 452 g/mol. The van der Waals surface area contributed by atoms with Crippen LogP contribution < -0.4 is 5.56 Å². The zero-order valence-electron chi connectivity index (χ0n) is 18.5. The third-order valence-electron chi connectivity index (χ3n) is 7.76. The summed E-state index contributed by atoms with van der Waals surface area (Å²) in [6.07, 6.45) is 0. The number of esters is 2. The number of aromatic nitrogens is 2. The standard InChI is InChI=1S/C30H12N2O4/c33-28-18-10-6-14-16-8-12-20-26-19(29(34)36-30(20)35)11-7-15(24(16)26)13-5-9-17(25(18)23(13)14)27-31-21-3-1-2-4-22(21)32(27)28/h1-12H. The minimum Gasteiger partial charge on any atom is -0.386 e. The van der Waals surface area contributed by atoms with Gasteiger partial charge in [0.2, 0.25) is 0 Å². The second-order valence-corrected chi connectivity index (χ2v) is 9.38. The first-order valence-electron chi connectivity index (χ1n) is 11.6. The molecule has 6 aromatic carbocycles. The smallest absolute Gasteiger partial charge is 0.346 e. The molecular formula is C30H12N2O4. The van der Waals surface area contributed by atoms with Crippen molar-refractivity contribution in [3.05, 3.63) is 94.3 Å². The number of carbonyl (C=O) groups excluding carboxylic acids is 2. The summed E-state index contributed by atoms with van der Waals surface area (Å²) in [4.78, 5) is 43.6. The van der Waals surface area contributed by atoms with Gasteiger partial charge in [-0.25, -0.2) is 14.6 Å². The second-order valence-electron chi connectivity index (χ2n) is 9.38. The monoisotopic (exact) mass is 464 g/mol. The van der Waals surface area contributed by atoms with Crippen LogP contribution in [0.1, 0.15) is 20.7 Å². The van der Waals surface area contributed by atoms with Crippen molar-refractivity contribution >= 4 is 82.5 Å². The van der Waals surface area contributed by atoms with Gasteiger partial charge in [-0.2, -0.15) is 0 Å². The highest BCUT2D eigenvalue weighted by atomic mass is 16.6. The molecule has 36 heavy (non-hydrogen) atoms. The van der Waals surface area contributed by atoms with Crippen molar-refractivity contribution in [2.24, 2.45) is 0 Å². The zero-order chi connectivity index (χ0) is 23.9. The van der Waals surface area contributed by atoms with E-state index in [9.17, 15) is 14.4 Å². The first-order valence-corrected chi connectivity index (χ1v) is 11.6. The summed E-state index contributed by atoms with van der Waals surface area (Å²) in [5.41, 5.74) is 2.89. The number of pyridine rings is 1. The molecule has 0 aliphatic carbocycles. The molecule has 0 saturated heterocycles. The van der Waals surface area contributed by atoms with E-state index in [4.69, 9.17) is 9.72 Å². The van der Waals surface area contributed by atoms with Crippen LogP contribution >= 0.6 is 0 Å². The lowest BCUT2D eigenvalue weighted by atomic mass is 9.85. The highest BCUT2D eigenvalue weighted by Gasteiger charge is 2.30. The summed E-state index contributed by atoms with van der Waals surface area (Å²) in [5.74, 6) is -1.26. The number of hydrogen-bond donors (Lipinski definition) is 0. The van der Waals surface area contributed by atoms with E-state index < -0.39 is 11.9 Å². The Morgan fingerprint density at radius 1 is 0.556 bits per heavy atom. The Morgan fingerprint density at radius 2 is 1.08 bits per heavy atom. The highest BCUT2D eigenvalue weighted by molar-refractivity contribution is 6.40. The Hall–Kier alpha value is -5.10. The van der Waals surface area contributed by atoms with Crippen molar-refractivity contribution in [2.75, 3.05) is 0 Å². The Labute approximate surface area is 200 Å². The lowest BCUT2D eigenvalue weighted by Gasteiger charge is -2.21. The average Bonchev–Trinajstić information content (AvgIpc) is 3.29. The third-order valence-corrected chi connectivity index (χ3v) is 7.76. The molecule has 0 radical (unpaired) electrons. The summed E-state index contributed by atoms with van der Waals surface area (Å²) in [7, 11) is 0. The Morgan fingerprint density at radius 3 is 1.78 bits per heavy atom. The average molecular weight is 464 g/mol. The fourth-order valence-corrected chi connectivity index (χ4v) is 6.32. The van der Waals surface area contributed by atoms with Crippen molar-refractivity contribution < 1.29 is 14.3 Å². The largest absolute Gasteiger partial charge is 0.386 e. The number of benzene rings is 6. The van der Waals surface area contributed by atoms with Crippen molar-refractivity contribution in [1.29, 1.82) is 0 Å². The predicted octanol–water partition coefficient (Wildman–Crippen LogP) is 5.80. The van der Waals surface area contributed by atoms with Gasteiger partial charge < -0.3 is 4.74 Å². The van der Waals surface area contributed by atoms with Gasteiger partial charge in [0.15, 0.2) is 0 Å². The van der Waals surface area contributed by atoms with Crippen LogP contribution in [0, 0.1) is 0 Å². The molecule has 0 amide bonds. The molecule has 1 aliphatic rings. The summed E-state index contributed by atoms with van der Waals surface area (Å²) < 4.78 is 6.66. The van der Waals surface area contributed by atoms with Gasteiger partial charge in [-0.1, -0.05) is 36.4 Å². The number of cyclic esters (lactones) is 2. The maximum atomic E-state index is 13.8. The van der Waals surface area contributed by atoms with Crippen LogP contribution in [0.3, 0.4) is 0 Å². The number of ether oxygens (including phenoxy) is 1. The van der Waals surface area contributed by atoms with Crippen LogP contribution in [-0.2, 0) is 4.74 Å². The quantitative estimate of drug-likeness (QED) is 0.123. The lowest BCUT2D eigenvalue weighted by Crippen LogP contribution is -2.19. The molecule has 1 aliphatic heterocycles. The van der Waals surface area contributed by atoms with E-state index in [-0.39, 0.29) is 5.56 Å². The van der Waals surface area contributed by atoms with Gasteiger partial charge >= 0.3 is 11.9 Å². The molecule has 8 aromatic rings. The Balaban J connectivity index is 1.59. The SMILES string of the molecule is O=C1OC(=O)c2ccc3c4ccc5c6c(ccc(c7ccc1c2c73)c46)c(=O)n1c2ccccc2nc51. The van der Waals surface area contributed by atoms with E-state index in [1.54, 1.807) is 16.5 Å². The van der Waals surface area contributed by atoms with Crippen LogP contribution in [0.25, 0.3) is 70.5 Å². The van der Waals surface area contributed by atoms with Gasteiger partial charge in [-0.05, 0) is 68.7 Å². The maximum Gasteiger partial charge on any atom is 0.346 e. The number of carbonyl (C=O) groups is 2. The van der Waals surface area contributed by atoms with Crippen molar-refractivity contribution in [3.8, 4) is 0 Å². The molecule has 0 unspecified atom stereocenters. The van der Waals surface area contributed by atoms with Crippen molar-refractivity contribution in [3.63, 3.8) is 0 Å². The van der Waals surface area contributed by atoms with Crippen LogP contribution in [0.15, 0.2) is 77.6 Å². The van der Waals surface area contributed by atoms with E-state index in [1.807, 2.05) is 54.6 Å². The van der Waals surface area contributed by atoms with Gasteiger partial charge in [-0.15, -0.1) is 0 Å². The number of rotatable bonds is 0. The molecule has 2 aromatic heterocycles. The molecule has 6 nitrogen and oxygen atoms in total. The molecule has 0 atom stereocenters. The van der Waals surface area contributed by atoms with E-state index in [0.29, 0.717) is 27.5 Å². The van der Waals surface area contributed by atoms with Crippen molar-refractivity contribution in [1.82, 2.24) is 9.38 Å². The van der Waals surface area contributed by atoms with E-state index in [1.165, 1.54) is 0 Å². The summed E-state index contributed by atoms with van der Waals surface area (Å²) in [6, 6.07) is 22.9. The minimum atomic E-state index is -0.628. The normalized spacial score (nSPS) is 14.0. The van der Waals surface area contributed by atoms with Gasteiger partial charge in [0, 0.05) is 21.5 Å². The summed E-state index contributed by atoms with van der Waals surface area (Å²) in [6.45, 7) is 0. The topological polar surface area (TPSA) is 77.7 Å². The van der Waals surface area contributed by atoms with Crippen LogP contribution in [0.4, 0.5) is 0 Å². The Kier molecular flexibility index (Phi) is 2.92. The molecule has 0 spiro atoms. The fourth-order valence-electron chi connectivity index (χ4n) is 6.32. The molecule has 3 heterocycles. The van der Waals surface area contributed by atoms with Crippen LogP contribution in [0.5, 0.6) is 0 Å². The third kappa shape index (κ3) is 1.86. The Bertz CT molecular complexity index is 2330. The fraction of sp³-hybridized carbons (Fsp3) is 0. The van der Waals surface area contributed by atoms with Crippen LogP contribution in [0.2, 0.25) is 0 Å². The number of para-hydroxylation sites is 2. The molecule has 0 N–H and O–H groups in total. The minimum absolute atomic E-state index is 0.0979. The van der Waals surface area contributed by atoms with E-state index >= 15 is 0 Å². The molecule has 9 rings (SSSR count). The molecule has 0 bridgehead atoms. The number of nitrogens with zero attached hydrogens (tertiary/aromatic N) is 2. The van der Waals surface area contributed by atoms with E-state index in [0.717, 1.165) is 54.1 Å². The first kappa shape index (κ1) is 18.3. The van der Waals surface area contributed by atoms with Crippen molar-refractivity contribution in [2.45, 2.75) is 0 Å².